The van der Waals surface area contributed by atoms with Gasteiger partial charge in [0.1, 0.15) is 5.75 Å². The Morgan fingerprint density at radius 2 is 1.68 bits per heavy atom. The largest absolute Gasteiger partial charge is 0.481 e. The Hall–Kier alpha value is -3.41. The highest BCUT2D eigenvalue weighted by Gasteiger charge is 2.20. The van der Waals surface area contributed by atoms with E-state index in [9.17, 15) is 9.59 Å². The topological polar surface area (TPSA) is 73.2 Å². The quantitative estimate of drug-likeness (QED) is 0.657. The van der Waals surface area contributed by atoms with Gasteiger partial charge in [0.25, 0.3) is 5.91 Å². The molecule has 0 aliphatic rings. The van der Waals surface area contributed by atoms with Crippen LogP contribution in [0.4, 0.5) is 5.69 Å². The number of ketones is 1. The number of aryl methyl sites for hydroxylation is 1. The van der Waals surface area contributed by atoms with Gasteiger partial charge in [-0.1, -0.05) is 18.2 Å². The number of ether oxygens (including phenoxy) is 1. The van der Waals surface area contributed by atoms with E-state index >= 15 is 0 Å². The summed E-state index contributed by atoms with van der Waals surface area (Å²) in [5, 5.41) is 7.45. The van der Waals surface area contributed by atoms with Crippen molar-refractivity contribution in [3.63, 3.8) is 0 Å². The van der Waals surface area contributed by atoms with Crippen molar-refractivity contribution in [2.24, 2.45) is 0 Å². The number of amides is 1. The number of Topliss-reactive ketones (excluding diaryl/α,β-unsaturated/α-hetero) is 1. The SMILES string of the molecule is CC(=O)c1ccc(OC(C)C(=O)Nc2c(C)nn(-c3ccccc3)c2C)cc1. The van der Waals surface area contributed by atoms with Crippen molar-refractivity contribution >= 4 is 17.4 Å². The monoisotopic (exact) mass is 377 g/mol. The number of carbonyl (C=O) groups is 2. The smallest absolute Gasteiger partial charge is 0.265 e. The minimum absolute atomic E-state index is 0.0151. The zero-order valence-corrected chi connectivity index (χ0v) is 16.4. The second-order valence-corrected chi connectivity index (χ2v) is 6.62. The summed E-state index contributed by atoms with van der Waals surface area (Å²) in [7, 11) is 0. The fourth-order valence-corrected chi connectivity index (χ4v) is 2.89. The van der Waals surface area contributed by atoms with E-state index in [0.29, 0.717) is 17.0 Å². The van der Waals surface area contributed by atoms with E-state index in [4.69, 9.17) is 4.74 Å². The van der Waals surface area contributed by atoms with Gasteiger partial charge in [-0.25, -0.2) is 4.68 Å². The van der Waals surface area contributed by atoms with Crippen LogP contribution in [0.3, 0.4) is 0 Å². The second-order valence-electron chi connectivity index (χ2n) is 6.62. The molecule has 1 N–H and O–H groups in total. The Morgan fingerprint density at radius 1 is 1.04 bits per heavy atom. The summed E-state index contributed by atoms with van der Waals surface area (Å²) in [4.78, 5) is 24.0. The highest BCUT2D eigenvalue weighted by molar-refractivity contribution is 5.95. The van der Waals surface area contributed by atoms with Crippen LogP contribution in [0.1, 0.15) is 35.6 Å². The summed E-state index contributed by atoms with van der Waals surface area (Å²) >= 11 is 0. The number of nitrogens with zero attached hydrogens (tertiary/aromatic N) is 2. The Morgan fingerprint density at radius 3 is 2.29 bits per heavy atom. The van der Waals surface area contributed by atoms with Crippen molar-refractivity contribution in [1.82, 2.24) is 9.78 Å². The molecular weight excluding hydrogens is 354 g/mol. The molecular formula is C22H23N3O3. The summed E-state index contributed by atoms with van der Waals surface area (Å²) in [5.41, 5.74) is 3.78. The predicted octanol–water partition coefficient (Wildman–Crippen LogP) is 4.10. The highest BCUT2D eigenvalue weighted by atomic mass is 16.5. The molecule has 0 aliphatic carbocycles. The lowest BCUT2D eigenvalue weighted by Gasteiger charge is -2.15. The molecule has 3 rings (SSSR count). The van der Waals surface area contributed by atoms with Crippen LogP contribution in [-0.2, 0) is 4.79 Å². The molecule has 0 fully saturated rings. The lowest BCUT2D eigenvalue weighted by atomic mass is 10.1. The average Bonchev–Trinajstić information content (AvgIpc) is 2.97. The van der Waals surface area contributed by atoms with Crippen molar-refractivity contribution in [2.75, 3.05) is 5.32 Å². The third-order valence-electron chi connectivity index (χ3n) is 4.48. The lowest BCUT2D eigenvalue weighted by molar-refractivity contribution is -0.122. The Bertz CT molecular complexity index is 992. The van der Waals surface area contributed by atoms with Crippen LogP contribution in [0, 0.1) is 13.8 Å². The first kappa shape index (κ1) is 19.4. The minimum Gasteiger partial charge on any atom is -0.481 e. The molecule has 2 aromatic carbocycles. The summed E-state index contributed by atoms with van der Waals surface area (Å²) in [5.74, 6) is 0.245. The highest BCUT2D eigenvalue weighted by Crippen LogP contribution is 2.23. The number of rotatable bonds is 6. The van der Waals surface area contributed by atoms with E-state index < -0.39 is 6.10 Å². The van der Waals surface area contributed by atoms with Gasteiger partial charge in [-0.2, -0.15) is 5.10 Å². The third kappa shape index (κ3) is 4.11. The molecule has 0 radical (unpaired) electrons. The summed E-state index contributed by atoms with van der Waals surface area (Å²) < 4.78 is 7.51. The standard InChI is InChI=1S/C22H23N3O3/c1-14-21(15(2)25(24-14)19-8-6-5-7-9-19)23-22(27)17(4)28-20-12-10-18(11-13-20)16(3)26/h5-13,17H,1-4H3,(H,23,27). The number of hydrogen-bond donors (Lipinski definition) is 1. The molecule has 1 atom stereocenters. The molecule has 1 aromatic heterocycles. The summed E-state index contributed by atoms with van der Waals surface area (Å²) in [6, 6.07) is 16.5. The Labute approximate surface area is 164 Å². The molecule has 144 valence electrons. The number of hydrogen-bond acceptors (Lipinski definition) is 4. The minimum atomic E-state index is -0.706. The molecule has 1 unspecified atom stereocenters. The Kier molecular flexibility index (Phi) is 5.59. The number of aromatic nitrogens is 2. The van der Waals surface area contributed by atoms with Crippen LogP contribution in [0.5, 0.6) is 5.75 Å². The number of nitrogens with one attached hydrogen (secondary N) is 1. The van der Waals surface area contributed by atoms with Gasteiger partial charge in [0.05, 0.1) is 22.8 Å². The first-order chi connectivity index (χ1) is 13.4. The average molecular weight is 377 g/mol. The van der Waals surface area contributed by atoms with Gasteiger partial charge in [0.15, 0.2) is 11.9 Å². The first-order valence-electron chi connectivity index (χ1n) is 9.07. The van der Waals surface area contributed by atoms with Crippen molar-refractivity contribution < 1.29 is 14.3 Å². The second kappa shape index (κ2) is 8.08. The molecule has 0 aliphatic heterocycles. The van der Waals surface area contributed by atoms with Gasteiger partial charge in [0, 0.05) is 5.56 Å². The van der Waals surface area contributed by atoms with Crippen molar-refractivity contribution in [2.45, 2.75) is 33.8 Å². The molecule has 3 aromatic rings. The van der Waals surface area contributed by atoms with Crippen LogP contribution in [0.25, 0.3) is 5.69 Å². The van der Waals surface area contributed by atoms with Gasteiger partial charge in [-0.15, -0.1) is 0 Å². The number of carbonyl (C=O) groups excluding carboxylic acids is 2. The van der Waals surface area contributed by atoms with Gasteiger partial charge in [-0.3, -0.25) is 9.59 Å². The zero-order valence-electron chi connectivity index (χ0n) is 16.4. The summed E-state index contributed by atoms with van der Waals surface area (Å²) in [6.45, 7) is 6.95. The first-order valence-corrected chi connectivity index (χ1v) is 9.07. The molecule has 1 amide bonds. The third-order valence-corrected chi connectivity index (χ3v) is 4.48. The number of anilines is 1. The maximum Gasteiger partial charge on any atom is 0.265 e. The Balaban J connectivity index is 1.72. The van der Waals surface area contributed by atoms with E-state index in [0.717, 1.165) is 17.1 Å². The van der Waals surface area contributed by atoms with E-state index in [1.165, 1.54) is 6.92 Å². The van der Waals surface area contributed by atoms with Crippen LogP contribution in [0.15, 0.2) is 54.6 Å². The molecule has 6 heteroatoms. The van der Waals surface area contributed by atoms with Crippen molar-refractivity contribution in [1.29, 1.82) is 0 Å². The van der Waals surface area contributed by atoms with Crippen molar-refractivity contribution in [3.05, 3.63) is 71.5 Å². The lowest BCUT2D eigenvalue weighted by Crippen LogP contribution is -2.30. The van der Waals surface area contributed by atoms with Crippen LogP contribution >= 0.6 is 0 Å². The number of benzene rings is 2. The van der Waals surface area contributed by atoms with Crippen LogP contribution < -0.4 is 10.1 Å². The molecule has 6 nitrogen and oxygen atoms in total. The molecule has 1 heterocycles. The molecule has 28 heavy (non-hydrogen) atoms. The van der Waals surface area contributed by atoms with E-state index in [1.54, 1.807) is 35.9 Å². The van der Waals surface area contributed by atoms with E-state index in [2.05, 4.69) is 10.4 Å². The van der Waals surface area contributed by atoms with Gasteiger partial charge >= 0.3 is 0 Å². The van der Waals surface area contributed by atoms with E-state index in [1.807, 2.05) is 44.2 Å². The predicted molar refractivity (Wildman–Crippen MR) is 108 cm³/mol. The maximum absolute atomic E-state index is 12.6. The van der Waals surface area contributed by atoms with Gasteiger partial charge in [0.2, 0.25) is 0 Å². The molecule has 0 saturated heterocycles. The van der Waals surface area contributed by atoms with Gasteiger partial charge < -0.3 is 10.1 Å². The van der Waals surface area contributed by atoms with Crippen LogP contribution in [0.2, 0.25) is 0 Å². The fraction of sp³-hybridized carbons (Fsp3) is 0.227. The zero-order chi connectivity index (χ0) is 20.3. The molecule has 0 bridgehead atoms. The normalized spacial score (nSPS) is 11.7. The fourth-order valence-electron chi connectivity index (χ4n) is 2.89. The van der Waals surface area contributed by atoms with E-state index in [-0.39, 0.29) is 11.7 Å². The molecule has 0 spiro atoms. The van der Waals surface area contributed by atoms with Crippen LogP contribution in [-0.4, -0.2) is 27.6 Å². The number of para-hydroxylation sites is 1. The summed E-state index contributed by atoms with van der Waals surface area (Å²) in [6.07, 6.45) is -0.706. The van der Waals surface area contributed by atoms with Gasteiger partial charge in [-0.05, 0) is 64.1 Å². The molecule has 0 saturated carbocycles. The maximum atomic E-state index is 12.6. The van der Waals surface area contributed by atoms with Crippen molar-refractivity contribution in [3.8, 4) is 11.4 Å².